The first-order valence-electron chi connectivity index (χ1n) is 23.7. The van der Waals surface area contributed by atoms with Crippen LogP contribution in [0, 0.1) is 10.8 Å². The Hall–Kier alpha value is -1.14. The quantitative estimate of drug-likeness (QED) is 0.0493. The molecule has 0 aliphatic rings. The second-order valence-electron chi connectivity index (χ2n) is 18.4. The van der Waals surface area contributed by atoms with E-state index in [1.807, 2.05) is 0 Å². The minimum atomic E-state index is -0.0492. The van der Waals surface area contributed by atoms with Crippen LogP contribution >= 0.6 is 0 Å². The van der Waals surface area contributed by atoms with Crippen LogP contribution in [0.3, 0.4) is 0 Å². The van der Waals surface area contributed by atoms with Crippen LogP contribution in [0.2, 0.25) is 0 Å². The molecule has 322 valence electrons. The fourth-order valence-electron chi connectivity index (χ4n) is 7.63. The van der Waals surface area contributed by atoms with Gasteiger partial charge in [0.15, 0.2) is 0 Å². The Morgan fingerprint density at radius 1 is 0.519 bits per heavy atom. The number of aliphatic hydroxyl groups excluding tert-OH is 1. The number of carbonyl (C=O) groups excluding carboxylic acids is 2. The highest BCUT2D eigenvalue weighted by Gasteiger charge is 2.25. The van der Waals surface area contributed by atoms with Gasteiger partial charge in [-0.2, -0.15) is 0 Å². The Labute approximate surface area is 337 Å². The Kier molecular flexibility index (Phi) is 35.5. The Bertz CT molecular complexity index is 827. The molecule has 6 heteroatoms. The molecule has 0 atom stereocenters. The number of esters is 2. The van der Waals surface area contributed by atoms with Gasteiger partial charge in [-0.1, -0.05) is 177 Å². The summed E-state index contributed by atoms with van der Waals surface area (Å²) in [4.78, 5) is 27.8. The molecule has 0 aromatic heterocycles. The number of hydrogen-bond acceptors (Lipinski definition) is 6. The van der Waals surface area contributed by atoms with Crippen LogP contribution in [-0.4, -0.2) is 60.9 Å². The molecule has 0 amide bonds. The van der Waals surface area contributed by atoms with Gasteiger partial charge in [0.25, 0.3) is 0 Å². The van der Waals surface area contributed by atoms with Crippen molar-refractivity contribution in [3.8, 4) is 0 Å². The number of hydrogen-bond donors (Lipinski definition) is 1. The van der Waals surface area contributed by atoms with Crippen molar-refractivity contribution in [2.45, 2.75) is 254 Å². The summed E-state index contributed by atoms with van der Waals surface area (Å²) in [5, 5.41) is 9.67. The van der Waals surface area contributed by atoms with E-state index >= 15 is 0 Å². The SMILES string of the molecule is CCCCCCCCCC(=O)OCC(C)(C)CCCCCN(CCO)CCCCCC(C)(C)CC(=O)OC(CCCCCCCC)CCCCCCCC. The molecule has 6 nitrogen and oxygen atoms in total. The van der Waals surface area contributed by atoms with E-state index in [1.54, 1.807) is 0 Å². The van der Waals surface area contributed by atoms with Gasteiger partial charge in [-0.3, -0.25) is 9.59 Å². The Morgan fingerprint density at radius 3 is 1.43 bits per heavy atom. The zero-order valence-electron chi connectivity index (χ0n) is 37.6. The minimum absolute atomic E-state index is 0.000656. The molecule has 0 saturated carbocycles. The number of rotatable bonds is 41. The molecule has 0 radical (unpaired) electrons. The normalized spacial score (nSPS) is 12.3. The van der Waals surface area contributed by atoms with Crippen molar-refractivity contribution in [3.63, 3.8) is 0 Å². The summed E-state index contributed by atoms with van der Waals surface area (Å²) in [5.74, 6) is -0.0389. The maximum Gasteiger partial charge on any atom is 0.306 e. The number of unbranched alkanes of at least 4 members (excludes halogenated alkanes) is 20. The van der Waals surface area contributed by atoms with Crippen molar-refractivity contribution < 1.29 is 24.2 Å². The fraction of sp³-hybridized carbons (Fsp3) is 0.958. The monoisotopic (exact) mass is 766 g/mol. The van der Waals surface area contributed by atoms with Gasteiger partial charge in [0.05, 0.1) is 19.6 Å². The van der Waals surface area contributed by atoms with Gasteiger partial charge >= 0.3 is 11.9 Å². The lowest BCUT2D eigenvalue weighted by atomic mass is 9.83. The highest BCUT2D eigenvalue weighted by atomic mass is 16.5. The van der Waals surface area contributed by atoms with Crippen molar-refractivity contribution in [2.75, 3.05) is 32.8 Å². The highest BCUT2D eigenvalue weighted by Crippen LogP contribution is 2.30. The molecule has 0 saturated heterocycles. The van der Waals surface area contributed by atoms with Crippen LogP contribution in [0.4, 0.5) is 0 Å². The van der Waals surface area contributed by atoms with Gasteiger partial charge < -0.3 is 19.5 Å². The van der Waals surface area contributed by atoms with Crippen LogP contribution in [-0.2, 0) is 19.1 Å². The van der Waals surface area contributed by atoms with E-state index in [0.717, 1.165) is 96.7 Å². The van der Waals surface area contributed by atoms with Gasteiger partial charge in [0.1, 0.15) is 6.10 Å². The van der Waals surface area contributed by atoms with Gasteiger partial charge in [-0.25, -0.2) is 0 Å². The number of aliphatic hydroxyl groups is 1. The van der Waals surface area contributed by atoms with Crippen molar-refractivity contribution in [2.24, 2.45) is 10.8 Å². The largest absolute Gasteiger partial charge is 0.465 e. The average Bonchev–Trinajstić information content (AvgIpc) is 3.12. The van der Waals surface area contributed by atoms with Crippen LogP contribution in [0.5, 0.6) is 0 Å². The maximum atomic E-state index is 13.1. The summed E-state index contributed by atoms with van der Waals surface area (Å²) in [6.45, 7) is 19.1. The molecule has 1 N–H and O–H groups in total. The van der Waals surface area contributed by atoms with E-state index < -0.39 is 0 Å². The van der Waals surface area contributed by atoms with Gasteiger partial charge in [-0.15, -0.1) is 0 Å². The molecule has 0 aromatic carbocycles. The van der Waals surface area contributed by atoms with Crippen molar-refractivity contribution in [3.05, 3.63) is 0 Å². The molecule has 0 bridgehead atoms. The standard InChI is InChI=1S/C48H95NO5/c1-8-11-14-17-20-23-28-35-45(51)53-43-48(6,7)37-30-25-32-39-49(40-41-50)38-31-24-29-36-47(4,5)42-46(52)54-44(33-26-21-18-15-12-9-2)34-27-22-19-16-13-10-3/h44,50H,8-43H2,1-7H3. The highest BCUT2D eigenvalue weighted by molar-refractivity contribution is 5.70. The maximum absolute atomic E-state index is 13.1. The molecule has 0 aliphatic carbocycles. The molecule has 0 unspecified atom stereocenters. The first-order chi connectivity index (χ1) is 26.0. The van der Waals surface area contributed by atoms with Gasteiger partial charge in [0.2, 0.25) is 0 Å². The summed E-state index contributed by atoms with van der Waals surface area (Å²) >= 11 is 0. The third-order valence-corrected chi connectivity index (χ3v) is 11.4. The lowest BCUT2D eigenvalue weighted by Gasteiger charge is -2.26. The third kappa shape index (κ3) is 35.3. The van der Waals surface area contributed by atoms with Crippen molar-refractivity contribution in [1.29, 1.82) is 0 Å². The summed E-state index contributed by atoms with van der Waals surface area (Å²) in [7, 11) is 0. The predicted molar refractivity (Wildman–Crippen MR) is 232 cm³/mol. The van der Waals surface area contributed by atoms with Crippen molar-refractivity contribution >= 4 is 11.9 Å². The lowest BCUT2D eigenvalue weighted by Crippen LogP contribution is -2.29. The molecular formula is C48H95NO5. The van der Waals surface area contributed by atoms with Crippen LogP contribution in [0.15, 0.2) is 0 Å². The van der Waals surface area contributed by atoms with E-state index in [4.69, 9.17) is 9.47 Å². The van der Waals surface area contributed by atoms with E-state index in [0.29, 0.717) is 19.4 Å². The predicted octanol–water partition coefficient (Wildman–Crippen LogP) is 13.9. The van der Waals surface area contributed by atoms with Crippen molar-refractivity contribution in [1.82, 2.24) is 4.90 Å². The van der Waals surface area contributed by atoms with Gasteiger partial charge in [0, 0.05) is 13.0 Å². The Morgan fingerprint density at radius 2 is 0.944 bits per heavy atom. The van der Waals surface area contributed by atoms with E-state index in [9.17, 15) is 14.7 Å². The molecule has 54 heavy (non-hydrogen) atoms. The first kappa shape index (κ1) is 52.9. The van der Waals surface area contributed by atoms with E-state index in [-0.39, 0.29) is 35.5 Å². The number of carbonyl (C=O) groups is 2. The van der Waals surface area contributed by atoms with Crippen LogP contribution < -0.4 is 0 Å². The number of nitrogens with zero attached hydrogens (tertiary/aromatic N) is 1. The van der Waals surface area contributed by atoms with Crippen LogP contribution in [0.25, 0.3) is 0 Å². The summed E-state index contributed by atoms with van der Waals surface area (Å²) < 4.78 is 11.8. The summed E-state index contributed by atoms with van der Waals surface area (Å²) in [6.07, 6.45) is 35.9. The van der Waals surface area contributed by atoms with Crippen LogP contribution in [0.1, 0.15) is 248 Å². The van der Waals surface area contributed by atoms with Gasteiger partial charge in [-0.05, 0) is 81.7 Å². The fourth-order valence-corrected chi connectivity index (χ4v) is 7.63. The topological polar surface area (TPSA) is 76.1 Å². The molecule has 0 fully saturated rings. The first-order valence-corrected chi connectivity index (χ1v) is 23.7. The molecule has 0 aliphatic heterocycles. The average molecular weight is 766 g/mol. The second kappa shape index (κ2) is 36.2. The smallest absolute Gasteiger partial charge is 0.306 e. The van der Waals surface area contributed by atoms with E-state index in [1.165, 1.54) is 109 Å². The molecular weight excluding hydrogens is 671 g/mol. The Balaban J connectivity index is 4.34. The van der Waals surface area contributed by atoms with E-state index in [2.05, 4.69) is 53.4 Å². The molecule has 0 rings (SSSR count). The second-order valence-corrected chi connectivity index (χ2v) is 18.4. The third-order valence-electron chi connectivity index (χ3n) is 11.4. The lowest BCUT2D eigenvalue weighted by molar-refractivity contribution is -0.152. The molecule has 0 aromatic rings. The summed E-state index contributed by atoms with van der Waals surface area (Å²) in [6, 6.07) is 0. The minimum Gasteiger partial charge on any atom is -0.465 e. The summed E-state index contributed by atoms with van der Waals surface area (Å²) in [5.41, 5.74) is -0.0414. The molecule has 0 spiro atoms. The molecule has 0 heterocycles. The zero-order valence-corrected chi connectivity index (χ0v) is 37.6. The number of ether oxygens (including phenoxy) is 2. The zero-order chi connectivity index (χ0) is 40.2.